The number of rotatable bonds is 9. The van der Waals surface area contributed by atoms with Crippen molar-refractivity contribution in [2.45, 2.75) is 26.4 Å². The number of anilines is 1. The minimum atomic E-state index is -0.666. The van der Waals surface area contributed by atoms with Gasteiger partial charge in [0, 0.05) is 18.5 Å². The van der Waals surface area contributed by atoms with Crippen molar-refractivity contribution in [1.29, 1.82) is 0 Å². The van der Waals surface area contributed by atoms with Crippen molar-refractivity contribution in [2.75, 3.05) is 11.9 Å². The van der Waals surface area contributed by atoms with Gasteiger partial charge in [0.1, 0.15) is 6.54 Å². The van der Waals surface area contributed by atoms with Gasteiger partial charge in [-0.3, -0.25) is 18.7 Å². The van der Waals surface area contributed by atoms with Crippen LogP contribution in [0.3, 0.4) is 0 Å². The molecule has 0 aliphatic heterocycles. The van der Waals surface area contributed by atoms with E-state index in [1.165, 1.54) is 10.6 Å². The molecule has 1 N–H and O–H groups in total. The molecule has 0 unspecified atom stereocenters. The molecular weight excluding hydrogens is 514 g/mol. The summed E-state index contributed by atoms with van der Waals surface area (Å²) < 4.78 is 12.7. The first kappa shape index (κ1) is 26.3. The first-order chi connectivity index (χ1) is 19.5. The Morgan fingerprint density at radius 2 is 1.65 bits per heavy atom. The number of esters is 1. The Bertz CT molecular complexity index is 1810. The number of fused-ring (bicyclic) bond motifs is 1. The number of benzene rings is 3. The molecule has 0 radical (unpaired) electrons. The van der Waals surface area contributed by atoms with Gasteiger partial charge in [-0.15, -0.1) is 0 Å². The molecule has 1 amide bonds. The van der Waals surface area contributed by atoms with Gasteiger partial charge in [-0.25, -0.2) is 9.59 Å². The van der Waals surface area contributed by atoms with Gasteiger partial charge in [-0.2, -0.15) is 4.98 Å². The molecule has 2 aromatic heterocycles. The number of aromatic nitrogens is 4. The van der Waals surface area contributed by atoms with Crippen LogP contribution in [0.1, 0.15) is 23.2 Å². The molecule has 2 heterocycles. The molecule has 202 valence electrons. The Morgan fingerprint density at radius 3 is 2.45 bits per heavy atom. The van der Waals surface area contributed by atoms with Gasteiger partial charge in [0.2, 0.25) is 17.6 Å². The van der Waals surface area contributed by atoms with Crippen molar-refractivity contribution in [3.63, 3.8) is 0 Å². The van der Waals surface area contributed by atoms with E-state index in [4.69, 9.17) is 9.26 Å². The summed E-state index contributed by atoms with van der Waals surface area (Å²) in [6.45, 7) is 1.44. The van der Waals surface area contributed by atoms with E-state index in [9.17, 15) is 19.2 Å². The fourth-order valence-electron chi connectivity index (χ4n) is 4.30. The highest BCUT2D eigenvalue weighted by molar-refractivity contribution is 6.01. The van der Waals surface area contributed by atoms with E-state index in [0.29, 0.717) is 11.3 Å². The molecule has 3 aromatic carbocycles. The Labute approximate surface area is 227 Å². The summed E-state index contributed by atoms with van der Waals surface area (Å²) in [6, 6.07) is 22.3. The highest BCUT2D eigenvalue weighted by Gasteiger charge is 2.18. The van der Waals surface area contributed by atoms with Crippen LogP contribution in [0.5, 0.6) is 0 Å². The lowest BCUT2D eigenvalue weighted by atomic mass is 10.2. The molecule has 5 aromatic rings. The highest BCUT2D eigenvalue weighted by atomic mass is 16.5. The lowest BCUT2D eigenvalue weighted by Gasteiger charge is -2.15. The lowest BCUT2D eigenvalue weighted by Crippen LogP contribution is -2.42. The van der Waals surface area contributed by atoms with E-state index in [2.05, 4.69) is 15.5 Å². The number of amides is 1. The number of aryl methyl sites for hydroxylation is 1. The number of nitrogens with zero attached hydrogens (tertiary/aromatic N) is 4. The Morgan fingerprint density at radius 1 is 0.925 bits per heavy atom. The van der Waals surface area contributed by atoms with Crippen molar-refractivity contribution in [1.82, 2.24) is 19.3 Å². The van der Waals surface area contributed by atoms with Crippen molar-refractivity contribution in [2.24, 2.45) is 0 Å². The third kappa shape index (κ3) is 5.44. The first-order valence-corrected chi connectivity index (χ1v) is 12.6. The van der Waals surface area contributed by atoms with Crippen LogP contribution in [0.15, 0.2) is 93.0 Å². The third-order valence-electron chi connectivity index (χ3n) is 6.18. The molecule has 0 atom stereocenters. The van der Waals surface area contributed by atoms with Crippen molar-refractivity contribution >= 4 is 28.5 Å². The quantitative estimate of drug-likeness (QED) is 0.282. The second-order valence-corrected chi connectivity index (χ2v) is 8.78. The SMILES string of the molecule is CCOC(=O)c1ccccc1NC(=O)Cn1c(=O)n(CCc2nc(-c3ccccc3)no2)c(=O)c2ccccc21. The van der Waals surface area contributed by atoms with Gasteiger partial charge < -0.3 is 14.6 Å². The number of para-hydroxylation sites is 2. The molecule has 40 heavy (non-hydrogen) atoms. The van der Waals surface area contributed by atoms with Crippen LogP contribution in [0.25, 0.3) is 22.3 Å². The summed E-state index contributed by atoms with van der Waals surface area (Å²) in [4.78, 5) is 56.5. The van der Waals surface area contributed by atoms with E-state index in [1.807, 2.05) is 30.3 Å². The van der Waals surface area contributed by atoms with Crippen LogP contribution in [0, 0.1) is 0 Å². The minimum absolute atomic E-state index is 0.0355. The molecule has 0 aliphatic rings. The second-order valence-electron chi connectivity index (χ2n) is 8.78. The molecule has 0 fully saturated rings. The van der Waals surface area contributed by atoms with Crippen LogP contribution < -0.4 is 16.6 Å². The Hall–Kier alpha value is -5.32. The zero-order chi connectivity index (χ0) is 28.1. The van der Waals surface area contributed by atoms with Gasteiger partial charge in [-0.05, 0) is 31.2 Å². The maximum absolute atomic E-state index is 13.5. The summed E-state index contributed by atoms with van der Waals surface area (Å²) in [5.74, 6) is -0.471. The van der Waals surface area contributed by atoms with E-state index in [0.717, 1.165) is 10.1 Å². The number of ether oxygens (including phenoxy) is 1. The average molecular weight is 540 g/mol. The lowest BCUT2D eigenvalue weighted by molar-refractivity contribution is -0.116. The Kier molecular flexibility index (Phi) is 7.63. The van der Waals surface area contributed by atoms with Gasteiger partial charge in [0.15, 0.2) is 0 Å². The zero-order valence-electron chi connectivity index (χ0n) is 21.6. The third-order valence-corrected chi connectivity index (χ3v) is 6.18. The first-order valence-electron chi connectivity index (χ1n) is 12.6. The van der Waals surface area contributed by atoms with E-state index < -0.39 is 29.7 Å². The number of carbonyl (C=O) groups excluding carboxylic acids is 2. The van der Waals surface area contributed by atoms with Crippen molar-refractivity contribution < 1.29 is 18.8 Å². The maximum atomic E-state index is 13.5. The average Bonchev–Trinajstić information content (AvgIpc) is 3.45. The molecule has 0 spiro atoms. The number of carbonyl (C=O) groups is 2. The summed E-state index contributed by atoms with van der Waals surface area (Å²) >= 11 is 0. The Balaban J connectivity index is 1.42. The van der Waals surface area contributed by atoms with Crippen LogP contribution in [-0.4, -0.2) is 37.8 Å². The summed E-state index contributed by atoms with van der Waals surface area (Å²) in [7, 11) is 0. The predicted molar refractivity (Wildman–Crippen MR) is 147 cm³/mol. The summed E-state index contributed by atoms with van der Waals surface area (Å²) in [6.07, 6.45) is 0.131. The zero-order valence-corrected chi connectivity index (χ0v) is 21.6. The molecule has 11 heteroatoms. The van der Waals surface area contributed by atoms with E-state index in [-0.39, 0.29) is 42.1 Å². The van der Waals surface area contributed by atoms with Gasteiger partial charge in [0.05, 0.1) is 28.8 Å². The fourth-order valence-corrected chi connectivity index (χ4v) is 4.30. The summed E-state index contributed by atoms with van der Waals surface area (Å²) in [5, 5.41) is 6.93. The molecule has 0 saturated heterocycles. The predicted octanol–water partition coefficient (Wildman–Crippen LogP) is 3.27. The second kappa shape index (κ2) is 11.6. The monoisotopic (exact) mass is 539 g/mol. The van der Waals surface area contributed by atoms with Crippen LogP contribution in [0.2, 0.25) is 0 Å². The van der Waals surface area contributed by atoms with Gasteiger partial charge in [-0.1, -0.05) is 59.8 Å². The minimum Gasteiger partial charge on any atom is -0.462 e. The summed E-state index contributed by atoms with van der Waals surface area (Å²) in [5.41, 5.74) is 0.370. The number of nitrogens with one attached hydrogen (secondary N) is 1. The number of hydrogen-bond donors (Lipinski definition) is 1. The highest BCUT2D eigenvalue weighted by Crippen LogP contribution is 2.17. The molecule has 0 bridgehead atoms. The maximum Gasteiger partial charge on any atom is 0.340 e. The molecule has 0 saturated carbocycles. The number of hydrogen-bond acceptors (Lipinski definition) is 8. The van der Waals surface area contributed by atoms with Crippen molar-refractivity contribution in [3.05, 3.63) is 111 Å². The smallest absolute Gasteiger partial charge is 0.340 e. The topological polar surface area (TPSA) is 138 Å². The van der Waals surface area contributed by atoms with Crippen LogP contribution in [-0.2, 0) is 29.0 Å². The van der Waals surface area contributed by atoms with Gasteiger partial charge in [0.25, 0.3) is 5.56 Å². The fraction of sp³-hybridized carbons (Fsp3) is 0.172. The molecule has 5 rings (SSSR count). The largest absolute Gasteiger partial charge is 0.462 e. The normalized spacial score (nSPS) is 10.9. The van der Waals surface area contributed by atoms with Crippen LogP contribution in [0.4, 0.5) is 5.69 Å². The van der Waals surface area contributed by atoms with E-state index >= 15 is 0 Å². The van der Waals surface area contributed by atoms with Gasteiger partial charge >= 0.3 is 11.7 Å². The molecular formula is C29H25N5O6. The molecule has 0 aliphatic carbocycles. The van der Waals surface area contributed by atoms with Crippen LogP contribution >= 0.6 is 0 Å². The van der Waals surface area contributed by atoms with Crippen molar-refractivity contribution in [3.8, 4) is 11.4 Å². The standard InChI is InChI=1S/C29H25N5O6/c1-2-39-28(37)20-12-6-8-14-22(20)30-24(35)18-34-23-15-9-7-13-21(23)27(36)33(29(34)38)17-16-25-31-26(32-40-25)19-10-4-3-5-11-19/h3-15H,2,16-18H2,1H3,(H,30,35). The van der Waals surface area contributed by atoms with E-state index in [1.54, 1.807) is 49.4 Å². The molecule has 11 nitrogen and oxygen atoms in total.